The Labute approximate surface area is 155 Å². The number of quaternary nitrogens is 1. The third-order valence-corrected chi connectivity index (χ3v) is 4.40. The number of anilines is 1. The number of hydrogen-bond donors (Lipinski definition) is 2. The average molecular weight is 376 g/mol. The van der Waals surface area contributed by atoms with E-state index in [0.29, 0.717) is 15.7 Å². The van der Waals surface area contributed by atoms with Gasteiger partial charge in [0.15, 0.2) is 18.3 Å². The number of furan rings is 1. The second kappa shape index (κ2) is 8.21. The summed E-state index contributed by atoms with van der Waals surface area (Å²) in [7, 11) is 0. The highest BCUT2D eigenvalue weighted by atomic mass is 35.5. The van der Waals surface area contributed by atoms with Gasteiger partial charge in [0.05, 0.1) is 22.0 Å². The second-order valence-electron chi connectivity index (χ2n) is 5.49. The van der Waals surface area contributed by atoms with E-state index in [1.807, 2.05) is 47.8 Å². The predicted molar refractivity (Wildman–Crippen MR) is 98.9 cm³/mol. The summed E-state index contributed by atoms with van der Waals surface area (Å²) >= 11 is 12.2. The van der Waals surface area contributed by atoms with E-state index in [1.54, 1.807) is 24.5 Å². The summed E-state index contributed by atoms with van der Waals surface area (Å²) in [6.45, 7) is 0.196. The Hall–Kier alpha value is -2.27. The van der Waals surface area contributed by atoms with Gasteiger partial charge in [0.2, 0.25) is 0 Å². The first-order valence-corrected chi connectivity index (χ1v) is 8.56. The molecule has 128 valence electrons. The third kappa shape index (κ3) is 4.42. The highest BCUT2D eigenvalue weighted by molar-refractivity contribution is 6.39. The Morgan fingerprint density at radius 1 is 1.00 bits per heavy atom. The molecule has 0 fully saturated rings. The van der Waals surface area contributed by atoms with Crippen LogP contribution >= 0.6 is 23.2 Å². The van der Waals surface area contributed by atoms with E-state index >= 15 is 0 Å². The van der Waals surface area contributed by atoms with Gasteiger partial charge in [-0.2, -0.15) is 0 Å². The van der Waals surface area contributed by atoms with Gasteiger partial charge in [0.1, 0.15) is 0 Å². The number of rotatable bonds is 6. The highest BCUT2D eigenvalue weighted by Gasteiger charge is 2.21. The minimum absolute atomic E-state index is 0.108. The average Bonchev–Trinajstić information content (AvgIpc) is 3.14. The Kier molecular flexibility index (Phi) is 5.76. The molecule has 3 N–H and O–H groups in total. The molecule has 0 aliphatic carbocycles. The van der Waals surface area contributed by atoms with Crippen molar-refractivity contribution in [2.24, 2.45) is 0 Å². The Morgan fingerprint density at radius 3 is 2.36 bits per heavy atom. The van der Waals surface area contributed by atoms with Gasteiger partial charge in [-0.1, -0.05) is 59.6 Å². The molecule has 0 saturated carbocycles. The van der Waals surface area contributed by atoms with E-state index in [1.165, 1.54) is 0 Å². The Bertz CT molecular complexity index is 816. The smallest absolute Gasteiger partial charge is 0.279 e. The van der Waals surface area contributed by atoms with Crippen molar-refractivity contribution in [1.29, 1.82) is 0 Å². The molecule has 3 rings (SSSR count). The molecule has 0 aliphatic rings. The van der Waals surface area contributed by atoms with Crippen LogP contribution in [0.3, 0.4) is 0 Å². The zero-order valence-corrected chi connectivity index (χ0v) is 14.8. The van der Waals surface area contributed by atoms with Gasteiger partial charge in [-0.25, -0.2) is 0 Å². The Morgan fingerprint density at radius 2 is 1.72 bits per heavy atom. The van der Waals surface area contributed by atoms with Crippen molar-refractivity contribution < 1.29 is 14.5 Å². The summed E-state index contributed by atoms with van der Waals surface area (Å²) < 4.78 is 5.53. The quantitative estimate of drug-likeness (QED) is 0.686. The van der Waals surface area contributed by atoms with Gasteiger partial charge in [0.25, 0.3) is 5.91 Å². The first-order valence-electron chi connectivity index (χ1n) is 7.80. The molecular formula is C19H17Cl2N2O2+. The van der Waals surface area contributed by atoms with Crippen LogP contribution in [0.2, 0.25) is 10.0 Å². The van der Waals surface area contributed by atoms with Crippen LogP contribution in [0.25, 0.3) is 0 Å². The summed E-state index contributed by atoms with van der Waals surface area (Å²) in [6.07, 6.45) is 1.63. The van der Waals surface area contributed by atoms with Crippen LogP contribution in [0.5, 0.6) is 0 Å². The summed E-state index contributed by atoms with van der Waals surface area (Å²) in [5.41, 5.74) is 1.49. The van der Waals surface area contributed by atoms with Gasteiger partial charge in [0, 0.05) is 5.56 Å². The zero-order chi connectivity index (χ0) is 17.6. The Balaban J connectivity index is 1.70. The molecule has 25 heavy (non-hydrogen) atoms. The van der Waals surface area contributed by atoms with Gasteiger partial charge in [-0.15, -0.1) is 0 Å². The maximum absolute atomic E-state index is 12.3. The van der Waals surface area contributed by atoms with E-state index < -0.39 is 0 Å². The number of benzene rings is 2. The fourth-order valence-corrected chi connectivity index (χ4v) is 3.07. The number of nitrogens with two attached hydrogens (primary N) is 1. The topological polar surface area (TPSA) is 58.9 Å². The molecule has 2 aromatic carbocycles. The summed E-state index contributed by atoms with van der Waals surface area (Å²) in [6, 6.07) is 18.6. The predicted octanol–water partition coefficient (Wildman–Crippen LogP) is 3.88. The molecule has 0 aliphatic heterocycles. The number of halogens is 2. The van der Waals surface area contributed by atoms with Gasteiger partial charge < -0.3 is 15.1 Å². The number of carbonyl (C=O) groups is 1. The minimum Gasteiger partial charge on any atom is -0.463 e. The van der Waals surface area contributed by atoms with Crippen molar-refractivity contribution in [2.45, 2.75) is 6.04 Å². The van der Waals surface area contributed by atoms with E-state index in [2.05, 4.69) is 5.32 Å². The number of hydrogen-bond acceptors (Lipinski definition) is 2. The number of carbonyl (C=O) groups excluding carboxylic acids is 1. The standard InChI is InChI=1S/C19H16Cl2N2O2/c20-14-8-4-9-15(21)19(14)23-17(24)12-22-18(16-10-5-11-25-16)13-6-2-1-3-7-13/h1-11,18,22H,12H2,(H,23,24)/p+1/t18-/m1/s1. The molecule has 0 spiro atoms. The maximum atomic E-state index is 12.3. The monoisotopic (exact) mass is 375 g/mol. The first-order chi connectivity index (χ1) is 12.1. The molecule has 0 bridgehead atoms. The van der Waals surface area contributed by atoms with Gasteiger partial charge in [-0.3, -0.25) is 4.79 Å². The van der Waals surface area contributed by atoms with Crippen LogP contribution in [0.1, 0.15) is 17.4 Å². The van der Waals surface area contributed by atoms with E-state index in [4.69, 9.17) is 27.6 Å². The normalized spacial score (nSPS) is 11.9. The van der Waals surface area contributed by atoms with Crippen LogP contribution in [0, 0.1) is 0 Å². The lowest BCUT2D eigenvalue weighted by atomic mass is 10.0. The molecule has 1 amide bonds. The van der Waals surface area contributed by atoms with Crippen LogP contribution in [0.15, 0.2) is 71.3 Å². The molecule has 1 heterocycles. The SMILES string of the molecule is O=C(C[NH2+][C@H](c1ccccc1)c1ccco1)Nc1c(Cl)cccc1Cl. The molecule has 1 atom stereocenters. The third-order valence-electron chi connectivity index (χ3n) is 3.77. The lowest BCUT2D eigenvalue weighted by Crippen LogP contribution is -2.87. The molecular weight excluding hydrogens is 359 g/mol. The fourth-order valence-electron chi connectivity index (χ4n) is 2.58. The molecule has 0 saturated heterocycles. The largest absolute Gasteiger partial charge is 0.463 e. The maximum Gasteiger partial charge on any atom is 0.279 e. The van der Waals surface area contributed by atoms with Crippen molar-refractivity contribution in [3.05, 3.63) is 88.3 Å². The zero-order valence-electron chi connectivity index (χ0n) is 13.3. The van der Waals surface area contributed by atoms with Crippen molar-refractivity contribution in [3.63, 3.8) is 0 Å². The van der Waals surface area contributed by atoms with Crippen LogP contribution in [-0.2, 0) is 4.79 Å². The van der Waals surface area contributed by atoms with Crippen molar-refractivity contribution >= 4 is 34.8 Å². The lowest BCUT2D eigenvalue weighted by molar-refractivity contribution is -0.678. The lowest BCUT2D eigenvalue weighted by Gasteiger charge is -2.14. The van der Waals surface area contributed by atoms with E-state index in [-0.39, 0.29) is 18.5 Å². The van der Waals surface area contributed by atoms with Crippen molar-refractivity contribution in [2.75, 3.05) is 11.9 Å². The number of amides is 1. The molecule has 3 aromatic rings. The van der Waals surface area contributed by atoms with Crippen LogP contribution < -0.4 is 10.6 Å². The highest BCUT2D eigenvalue weighted by Crippen LogP contribution is 2.29. The molecule has 6 heteroatoms. The summed E-state index contributed by atoms with van der Waals surface area (Å²) in [5, 5.41) is 5.49. The van der Waals surface area contributed by atoms with Crippen LogP contribution in [0.4, 0.5) is 5.69 Å². The van der Waals surface area contributed by atoms with Gasteiger partial charge >= 0.3 is 0 Å². The molecule has 0 radical (unpaired) electrons. The minimum atomic E-state index is -0.192. The molecule has 4 nitrogen and oxygen atoms in total. The first kappa shape index (κ1) is 17.5. The molecule has 0 unspecified atom stereocenters. The number of para-hydroxylation sites is 1. The van der Waals surface area contributed by atoms with Crippen molar-refractivity contribution in [1.82, 2.24) is 0 Å². The van der Waals surface area contributed by atoms with Gasteiger partial charge in [-0.05, 0) is 24.3 Å². The number of nitrogens with one attached hydrogen (secondary N) is 1. The van der Waals surface area contributed by atoms with E-state index in [0.717, 1.165) is 11.3 Å². The fraction of sp³-hybridized carbons (Fsp3) is 0.105. The summed E-state index contributed by atoms with van der Waals surface area (Å²) in [4.78, 5) is 12.3. The van der Waals surface area contributed by atoms with E-state index in [9.17, 15) is 4.79 Å². The van der Waals surface area contributed by atoms with Crippen LogP contribution in [-0.4, -0.2) is 12.5 Å². The summed E-state index contributed by atoms with van der Waals surface area (Å²) in [5.74, 6) is 0.595. The molecule has 1 aromatic heterocycles. The second-order valence-corrected chi connectivity index (χ2v) is 6.30. The van der Waals surface area contributed by atoms with Crippen molar-refractivity contribution in [3.8, 4) is 0 Å².